The van der Waals surface area contributed by atoms with E-state index >= 15 is 0 Å². The lowest BCUT2D eigenvalue weighted by atomic mass is 10.3. The summed E-state index contributed by atoms with van der Waals surface area (Å²) in [6, 6.07) is 18.5. The number of para-hydroxylation sites is 1. The van der Waals surface area contributed by atoms with E-state index < -0.39 is 0 Å². The van der Waals surface area contributed by atoms with Crippen molar-refractivity contribution in [3.63, 3.8) is 0 Å². The van der Waals surface area contributed by atoms with Crippen molar-refractivity contribution in [2.75, 3.05) is 18.6 Å². The lowest BCUT2D eigenvalue weighted by molar-refractivity contribution is -0.120. The van der Waals surface area contributed by atoms with Crippen LogP contribution in [-0.2, 0) is 11.3 Å². The van der Waals surface area contributed by atoms with Crippen molar-refractivity contribution in [1.82, 2.24) is 4.98 Å². The van der Waals surface area contributed by atoms with Gasteiger partial charge in [-0.3, -0.25) is 9.69 Å². The first kappa shape index (κ1) is 18.1. The smallest absolute Gasteiger partial charge is 0.267 e. The zero-order chi connectivity index (χ0) is 19.3. The summed E-state index contributed by atoms with van der Waals surface area (Å²) in [7, 11) is 1.61. The molecule has 0 spiro atoms. The quantitative estimate of drug-likeness (QED) is 0.461. The number of furan rings is 1. The van der Waals surface area contributed by atoms with E-state index in [2.05, 4.69) is 4.98 Å². The van der Waals surface area contributed by atoms with Gasteiger partial charge in [-0.25, -0.2) is 4.98 Å². The molecule has 0 N–H and O–H groups in total. The van der Waals surface area contributed by atoms with E-state index in [0.717, 1.165) is 16.0 Å². The van der Waals surface area contributed by atoms with Crippen LogP contribution in [0.5, 0.6) is 11.5 Å². The summed E-state index contributed by atoms with van der Waals surface area (Å²) >= 11 is 1.44. The molecule has 0 aliphatic heterocycles. The molecule has 2 heterocycles. The van der Waals surface area contributed by atoms with Gasteiger partial charge in [-0.2, -0.15) is 0 Å². The minimum Gasteiger partial charge on any atom is -0.497 e. The summed E-state index contributed by atoms with van der Waals surface area (Å²) in [5, 5.41) is 0.585. The molecule has 0 saturated carbocycles. The second kappa shape index (κ2) is 8.14. The SMILES string of the molecule is COc1ccc2sc(N(Cc3ccco3)C(=O)COc3ccccc3)nc2c1. The molecule has 0 bridgehead atoms. The Morgan fingerprint density at radius 3 is 2.71 bits per heavy atom. The molecule has 0 fully saturated rings. The molecular formula is C21H18N2O4S. The molecule has 4 rings (SSSR count). The number of nitrogens with zero attached hydrogens (tertiary/aromatic N) is 2. The molecule has 2 aromatic carbocycles. The van der Waals surface area contributed by atoms with Gasteiger partial charge in [-0.15, -0.1) is 0 Å². The Labute approximate surface area is 165 Å². The van der Waals surface area contributed by atoms with Crippen LogP contribution in [0.2, 0.25) is 0 Å². The lowest BCUT2D eigenvalue weighted by Gasteiger charge is -2.19. The zero-order valence-electron chi connectivity index (χ0n) is 15.2. The van der Waals surface area contributed by atoms with Gasteiger partial charge in [0.05, 0.1) is 30.1 Å². The van der Waals surface area contributed by atoms with Crippen LogP contribution in [0, 0.1) is 0 Å². The minimum absolute atomic E-state index is 0.0933. The Kier molecular flexibility index (Phi) is 5.25. The number of fused-ring (bicyclic) bond motifs is 1. The Morgan fingerprint density at radius 2 is 1.96 bits per heavy atom. The second-order valence-corrected chi connectivity index (χ2v) is 7.00. The van der Waals surface area contributed by atoms with Crippen LogP contribution < -0.4 is 14.4 Å². The Hall–Kier alpha value is -3.32. The Balaban J connectivity index is 1.60. The molecule has 2 aromatic heterocycles. The van der Waals surface area contributed by atoms with Crippen molar-refractivity contribution in [3.8, 4) is 11.5 Å². The lowest BCUT2D eigenvalue weighted by Crippen LogP contribution is -2.34. The number of carbonyl (C=O) groups is 1. The van der Waals surface area contributed by atoms with Crippen molar-refractivity contribution in [1.29, 1.82) is 0 Å². The number of amides is 1. The first-order chi connectivity index (χ1) is 13.7. The number of methoxy groups -OCH3 is 1. The van der Waals surface area contributed by atoms with Crippen LogP contribution in [0.4, 0.5) is 5.13 Å². The predicted octanol–water partition coefficient (Wildman–Crippen LogP) is 4.51. The number of aromatic nitrogens is 1. The van der Waals surface area contributed by atoms with Crippen molar-refractivity contribution in [2.24, 2.45) is 0 Å². The molecule has 6 nitrogen and oxygen atoms in total. The molecule has 0 radical (unpaired) electrons. The third kappa shape index (κ3) is 3.99. The average Bonchev–Trinajstić information content (AvgIpc) is 3.39. The number of rotatable bonds is 7. The van der Waals surface area contributed by atoms with Gasteiger partial charge in [-0.1, -0.05) is 29.5 Å². The molecule has 4 aromatic rings. The van der Waals surface area contributed by atoms with Crippen LogP contribution >= 0.6 is 11.3 Å². The number of anilines is 1. The first-order valence-corrected chi connectivity index (χ1v) is 9.50. The molecule has 0 aliphatic rings. The van der Waals surface area contributed by atoms with Gasteiger partial charge in [0.15, 0.2) is 11.7 Å². The van der Waals surface area contributed by atoms with Gasteiger partial charge in [0.2, 0.25) is 0 Å². The fraction of sp³-hybridized carbons (Fsp3) is 0.143. The largest absolute Gasteiger partial charge is 0.497 e. The fourth-order valence-electron chi connectivity index (χ4n) is 2.70. The fourth-order valence-corrected chi connectivity index (χ4v) is 3.66. The van der Waals surface area contributed by atoms with Crippen LogP contribution in [-0.4, -0.2) is 24.6 Å². The van der Waals surface area contributed by atoms with E-state index in [4.69, 9.17) is 13.9 Å². The van der Waals surface area contributed by atoms with Crippen LogP contribution in [0.25, 0.3) is 10.2 Å². The maximum atomic E-state index is 12.9. The van der Waals surface area contributed by atoms with E-state index in [1.165, 1.54) is 11.3 Å². The van der Waals surface area contributed by atoms with E-state index in [1.54, 1.807) is 24.3 Å². The van der Waals surface area contributed by atoms with Gasteiger partial charge in [0.1, 0.15) is 17.3 Å². The molecule has 0 atom stereocenters. The summed E-state index contributed by atoms with van der Waals surface area (Å²) < 4.78 is 17.3. The third-order valence-corrected chi connectivity index (χ3v) is 5.17. The molecule has 28 heavy (non-hydrogen) atoms. The summed E-state index contributed by atoms with van der Waals surface area (Å²) in [4.78, 5) is 19.2. The molecule has 142 valence electrons. The van der Waals surface area contributed by atoms with E-state index in [0.29, 0.717) is 16.6 Å². The Morgan fingerprint density at radius 1 is 1.11 bits per heavy atom. The number of thiazole rings is 1. The van der Waals surface area contributed by atoms with Crippen molar-refractivity contribution in [2.45, 2.75) is 6.54 Å². The van der Waals surface area contributed by atoms with Gasteiger partial charge in [0, 0.05) is 6.07 Å². The van der Waals surface area contributed by atoms with E-state index in [-0.39, 0.29) is 19.1 Å². The van der Waals surface area contributed by atoms with Gasteiger partial charge in [-0.05, 0) is 36.4 Å². The highest BCUT2D eigenvalue weighted by molar-refractivity contribution is 7.22. The number of carbonyl (C=O) groups excluding carboxylic acids is 1. The highest BCUT2D eigenvalue weighted by Crippen LogP contribution is 2.32. The zero-order valence-corrected chi connectivity index (χ0v) is 16.0. The number of ether oxygens (including phenoxy) is 2. The van der Waals surface area contributed by atoms with E-state index in [9.17, 15) is 4.79 Å². The number of hydrogen-bond acceptors (Lipinski definition) is 6. The molecular weight excluding hydrogens is 376 g/mol. The topological polar surface area (TPSA) is 64.8 Å². The van der Waals surface area contributed by atoms with E-state index in [1.807, 2.05) is 54.6 Å². The minimum atomic E-state index is -0.203. The summed E-state index contributed by atoms with van der Waals surface area (Å²) in [5.74, 6) is 1.83. The molecule has 0 aliphatic carbocycles. The average molecular weight is 394 g/mol. The third-order valence-electron chi connectivity index (χ3n) is 4.11. The molecule has 1 amide bonds. The van der Waals surface area contributed by atoms with Crippen molar-refractivity contribution in [3.05, 3.63) is 72.7 Å². The summed E-state index contributed by atoms with van der Waals surface area (Å²) in [5.41, 5.74) is 0.778. The monoisotopic (exact) mass is 394 g/mol. The van der Waals surface area contributed by atoms with Crippen LogP contribution in [0.15, 0.2) is 71.3 Å². The maximum Gasteiger partial charge on any atom is 0.267 e. The highest BCUT2D eigenvalue weighted by atomic mass is 32.1. The maximum absolute atomic E-state index is 12.9. The van der Waals surface area contributed by atoms with Crippen molar-refractivity contribution < 1.29 is 18.7 Å². The van der Waals surface area contributed by atoms with Crippen LogP contribution in [0.1, 0.15) is 5.76 Å². The molecule has 0 saturated heterocycles. The summed E-state index contributed by atoms with van der Waals surface area (Å²) in [6.45, 7) is 0.185. The predicted molar refractivity (Wildman–Crippen MR) is 108 cm³/mol. The molecule has 7 heteroatoms. The number of benzene rings is 2. The second-order valence-electron chi connectivity index (χ2n) is 5.99. The Bertz CT molecular complexity index is 1060. The van der Waals surface area contributed by atoms with Crippen LogP contribution in [0.3, 0.4) is 0 Å². The van der Waals surface area contributed by atoms with Gasteiger partial charge < -0.3 is 13.9 Å². The molecule has 0 unspecified atom stereocenters. The van der Waals surface area contributed by atoms with Crippen molar-refractivity contribution >= 4 is 32.6 Å². The highest BCUT2D eigenvalue weighted by Gasteiger charge is 2.22. The van der Waals surface area contributed by atoms with Gasteiger partial charge in [0.25, 0.3) is 5.91 Å². The normalized spacial score (nSPS) is 10.8. The number of hydrogen-bond donors (Lipinski definition) is 0. The standard InChI is InChI=1S/C21H18N2O4S/c1-25-16-9-10-19-18(12-16)22-21(28-19)23(13-17-8-5-11-26-17)20(24)14-27-15-6-3-2-4-7-15/h2-12H,13-14H2,1H3. The first-order valence-electron chi connectivity index (χ1n) is 8.68. The summed E-state index contributed by atoms with van der Waals surface area (Å²) in [6.07, 6.45) is 1.58. The van der Waals surface area contributed by atoms with Gasteiger partial charge >= 0.3 is 0 Å².